The lowest BCUT2D eigenvalue weighted by molar-refractivity contribution is -0.118. The van der Waals surface area contributed by atoms with Crippen LogP contribution in [-0.4, -0.2) is 17.9 Å². The van der Waals surface area contributed by atoms with Gasteiger partial charge in [0.25, 0.3) is 0 Å². The molecule has 0 unspecified atom stereocenters. The van der Waals surface area contributed by atoms with Crippen molar-refractivity contribution < 1.29 is 4.79 Å². The van der Waals surface area contributed by atoms with E-state index in [1.54, 1.807) is 0 Å². The molecule has 0 heterocycles. The van der Waals surface area contributed by atoms with Gasteiger partial charge in [0, 0.05) is 13.1 Å². The molecule has 0 bridgehead atoms. The van der Waals surface area contributed by atoms with Gasteiger partial charge in [0.15, 0.2) is 0 Å². The summed E-state index contributed by atoms with van der Waals surface area (Å²) in [5.74, 6) is 0.589. The van der Waals surface area contributed by atoms with E-state index in [1.165, 1.54) is 11.8 Å². The van der Waals surface area contributed by atoms with Gasteiger partial charge in [0.2, 0.25) is 5.91 Å². The van der Waals surface area contributed by atoms with Crippen LogP contribution in [0.2, 0.25) is 0 Å². The number of hydrogen-bond acceptors (Lipinski definition) is 3. The fraction of sp³-hybridized carbons (Fsp3) is 0.364. The van der Waals surface area contributed by atoms with E-state index in [2.05, 4.69) is 5.32 Å². The Morgan fingerprint density at radius 2 is 1.93 bits per heavy atom. The Bertz CT molecular complexity index is 311. The maximum absolute atomic E-state index is 11.2. The number of nitrogens with one attached hydrogen (secondary N) is 1. The van der Waals surface area contributed by atoms with Crippen LogP contribution < -0.4 is 11.1 Å². The normalized spacial score (nSPS) is 10.0. The highest BCUT2D eigenvalue weighted by Crippen LogP contribution is 2.03. The highest BCUT2D eigenvalue weighted by Gasteiger charge is 1.99. The third-order valence-corrected chi connectivity index (χ3v) is 2.57. The van der Waals surface area contributed by atoms with Crippen molar-refractivity contribution in [2.75, 3.05) is 12.0 Å². The van der Waals surface area contributed by atoms with Crippen molar-refractivity contribution in [3.8, 4) is 0 Å². The molecule has 0 fully saturated rings. The Morgan fingerprint density at radius 3 is 2.47 bits per heavy atom. The molecule has 0 aliphatic heterocycles. The molecule has 0 radical (unpaired) electrons. The monoisotopic (exact) mass is 224 g/mol. The van der Waals surface area contributed by atoms with Gasteiger partial charge in [0.1, 0.15) is 0 Å². The molecular weight excluding hydrogens is 208 g/mol. The van der Waals surface area contributed by atoms with Crippen molar-refractivity contribution in [1.82, 2.24) is 5.32 Å². The lowest BCUT2D eigenvalue weighted by Crippen LogP contribution is -2.24. The standard InChI is InChI=1S/C11H16N2OS/c1-15-8-11(14)13-7-10-4-2-9(6-12)3-5-10/h2-5H,6-8,12H2,1H3,(H,13,14). The maximum Gasteiger partial charge on any atom is 0.230 e. The minimum Gasteiger partial charge on any atom is -0.351 e. The molecule has 3 nitrogen and oxygen atoms in total. The Morgan fingerprint density at radius 1 is 1.33 bits per heavy atom. The van der Waals surface area contributed by atoms with Gasteiger partial charge >= 0.3 is 0 Å². The second kappa shape index (κ2) is 6.48. The Labute approximate surface area is 94.4 Å². The molecule has 0 aromatic heterocycles. The quantitative estimate of drug-likeness (QED) is 0.788. The third-order valence-electron chi connectivity index (χ3n) is 2.02. The van der Waals surface area contributed by atoms with E-state index in [1.807, 2.05) is 30.5 Å². The highest BCUT2D eigenvalue weighted by molar-refractivity contribution is 7.99. The number of amides is 1. The number of benzene rings is 1. The Kier molecular flexibility index (Phi) is 5.21. The van der Waals surface area contributed by atoms with Crippen LogP contribution in [0.5, 0.6) is 0 Å². The Hall–Kier alpha value is -1.00. The fourth-order valence-electron chi connectivity index (χ4n) is 1.18. The summed E-state index contributed by atoms with van der Waals surface area (Å²) in [7, 11) is 0. The van der Waals surface area contributed by atoms with E-state index >= 15 is 0 Å². The second-order valence-corrected chi connectivity index (χ2v) is 4.10. The smallest absolute Gasteiger partial charge is 0.230 e. The summed E-state index contributed by atoms with van der Waals surface area (Å²) in [5, 5.41) is 2.85. The van der Waals surface area contributed by atoms with Gasteiger partial charge in [-0.15, -0.1) is 0 Å². The van der Waals surface area contributed by atoms with E-state index in [0.29, 0.717) is 18.8 Å². The second-order valence-electron chi connectivity index (χ2n) is 3.23. The first-order valence-electron chi connectivity index (χ1n) is 4.79. The number of hydrogen-bond donors (Lipinski definition) is 2. The molecule has 0 aliphatic carbocycles. The summed E-state index contributed by atoms with van der Waals surface area (Å²) in [6, 6.07) is 7.94. The topological polar surface area (TPSA) is 55.1 Å². The van der Waals surface area contributed by atoms with Gasteiger partial charge in [-0.3, -0.25) is 4.79 Å². The molecule has 1 amide bonds. The molecule has 1 aromatic carbocycles. The van der Waals surface area contributed by atoms with Crippen molar-refractivity contribution in [1.29, 1.82) is 0 Å². The van der Waals surface area contributed by atoms with Crippen LogP contribution in [0.3, 0.4) is 0 Å². The van der Waals surface area contributed by atoms with E-state index in [-0.39, 0.29) is 5.91 Å². The summed E-state index contributed by atoms with van der Waals surface area (Å²) in [6.45, 7) is 1.14. The van der Waals surface area contributed by atoms with Crippen LogP contribution in [-0.2, 0) is 17.9 Å². The van der Waals surface area contributed by atoms with Gasteiger partial charge in [0.05, 0.1) is 5.75 Å². The van der Waals surface area contributed by atoms with Crippen LogP contribution in [0.4, 0.5) is 0 Å². The van der Waals surface area contributed by atoms with E-state index in [9.17, 15) is 4.79 Å². The minimum atomic E-state index is 0.0744. The van der Waals surface area contributed by atoms with Crippen LogP contribution >= 0.6 is 11.8 Å². The number of thioether (sulfide) groups is 1. The maximum atomic E-state index is 11.2. The number of carbonyl (C=O) groups excluding carboxylic acids is 1. The molecule has 1 rings (SSSR count). The molecule has 4 heteroatoms. The van der Waals surface area contributed by atoms with Crippen molar-refractivity contribution >= 4 is 17.7 Å². The summed E-state index contributed by atoms with van der Waals surface area (Å²) < 4.78 is 0. The fourth-order valence-corrected chi connectivity index (χ4v) is 1.54. The molecule has 82 valence electrons. The average molecular weight is 224 g/mol. The molecule has 1 aromatic rings. The van der Waals surface area contributed by atoms with Crippen LogP contribution in [0.15, 0.2) is 24.3 Å². The van der Waals surface area contributed by atoms with Gasteiger partial charge in [-0.2, -0.15) is 11.8 Å². The molecule has 0 saturated carbocycles. The highest BCUT2D eigenvalue weighted by atomic mass is 32.2. The zero-order valence-corrected chi connectivity index (χ0v) is 9.64. The average Bonchev–Trinajstić information content (AvgIpc) is 2.27. The van der Waals surface area contributed by atoms with Crippen molar-refractivity contribution in [2.24, 2.45) is 5.73 Å². The Balaban J connectivity index is 2.40. The van der Waals surface area contributed by atoms with E-state index in [4.69, 9.17) is 5.73 Å². The number of carbonyl (C=O) groups is 1. The van der Waals surface area contributed by atoms with Gasteiger partial charge < -0.3 is 11.1 Å². The molecule has 3 N–H and O–H groups in total. The number of rotatable bonds is 5. The molecule has 15 heavy (non-hydrogen) atoms. The van der Waals surface area contributed by atoms with Crippen LogP contribution in [0.1, 0.15) is 11.1 Å². The zero-order chi connectivity index (χ0) is 11.1. The minimum absolute atomic E-state index is 0.0744. The SMILES string of the molecule is CSCC(=O)NCc1ccc(CN)cc1. The van der Waals surface area contributed by atoms with Gasteiger partial charge in [-0.05, 0) is 17.4 Å². The predicted molar refractivity (Wildman–Crippen MR) is 64.6 cm³/mol. The summed E-state index contributed by atoms with van der Waals surface area (Å²) >= 11 is 1.52. The largest absolute Gasteiger partial charge is 0.351 e. The molecule has 0 atom stereocenters. The summed E-state index contributed by atoms with van der Waals surface area (Å²) in [6.07, 6.45) is 1.91. The lowest BCUT2D eigenvalue weighted by atomic mass is 10.1. The van der Waals surface area contributed by atoms with Crippen LogP contribution in [0, 0.1) is 0 Å². The third kappa shape index (κ3) is 4.36. The van der Waals surface area contributed by atoms with Crippen molar-refractivity contribution in [2.45, 2.75) is 13.1 Å². The number of nitrogens with two attached hydrogens (primary N) is 1. The van der Waals surface area contributed by atoms with E-state index in [0.717, 1.165) is 11.1 Å². The predicted octanol–water partition coefficient (Wildman–Crippen LogP) is 1.12. The molecular formula is C11H16N2OS. The van der Waals surface area contributed by atoms with Gasteiger partial charge in [-0.25, -0.2) is 0 Å². The van der Waals surface area contributed by atoms with Crippen molar-refractivity contribution in [3.05, 3.63) is 35.4 Å². The summed E-state index contributed by atoms with van der Waals surface area (Å²) in [5.41, 5.74) is 7.69. The first-order valence-corrected chi connectivity index (χ1v) is 6.19. The first kappa shape index (κ1) is 12.1. The zero-order valence-electron chi connectivity index (χ0n) is 8.82. The molecule has 0 saturated heterocycles. The van der Waals surface area contributed by atoms with Crippen LogP contribution in [0.25, 0.3) is 0 Å². The van der Waals surface area contributed by atoms with Gasteiger partial charge in [-0.1, -0.05) is 24.3 Å². The summed E-state index contributed by atoms with van der Waals surface area (Å²) in [4.78, 5) is 11.2. The first-order chi connectivity index (χ1) is 7.26. The molecule has 0 aliphatic rings. The van der Waals surface area contributed by atoms with E-state index < -0.39 is 0 Å². The molecule has 0 spiro atoms. The van der Waals surface area contributed by atoms with Crippen molar-refractivity contribution in [3.63, 3.8) is 0 Å². The lowest BCUT2D eigenvalue weighted by Gasteiger charge is -2.05.